The van der Waals surface area contributed by atoms with Crippen LogP contribution in [-0.2, 0) is 4.74 Å². The van der Waals surface area contributed by atoms with Gasteiger partial charge in [-0.2, -0.15) is 0 Å². The summed E-state index contributed by atoms with van der Waals surface area (Å²) in [6.45, 7) is 1.91. The number of hydrazine groups is 1. The van der Waals surface area contributed by atoms with E-state index in [-0.39, 0.29) is 5.88 Å². The molecule has 0 radical (unpaired) electrons. The molecule has 27 heavy (non-hydrogen) atoms. The molecule has 2 aromatic heterocycles. The molecule has 11 heteroatoms. The third kappa shape index (κ3) is 3.62. The number of hydrogen-bond acceptors (Lipinski definition) is 9. The predicted octanol–water partition coefficient (Wildman–Crippen LogP) is 1.22. The first-order valence-corrected chi connectivity index (χ1v) is 10.8. The van der Waals surface area contributed by atoms with Crippen LogP contribution in [0.1, 0.15) is 25.5 Å². The molecule has 4 rings (SSSR count). The van der Waals surface area contributed by atoms with Crippen molar-refractivity contribution in [2.45, 2.75) is 49.0 Å². The van der Waals surface area contributed by atoms with Gasteiger partial charge < -0.3 is 20.4 Å². The Hall–Kier alpha value is -1.17. The number of aromatic nitrogens is 4. The van der Waals surface area contributed by atoms with E-state index in [0.29, 0.717) is 22.1 Å². The predicted molar refractivity (Wildman–Crippen MR) is 103 cm³/mol. The van der Waals surface area contributed by atoms with Gasteiger partial charge in [0.05, 0.1) is 12.2 Å². The summed E-state index contributed by atoms with van der Waals surface area (Å²) in [6, 6.07) is 0. The zero-order valence-corrected chi connectivity index (χ0v) is 16.5. The molecule has 0 spiro atoms. The van der Waals surface area contributed by atoms with Gasteiger partial charge in [0.2, 0.25) is 0 Å². The van der Waals surface area contributed by atoms with Crippen LogP contribution < -0.4 is 5.43 Å². The minimum Gasteiger partial charge on any atom is -0.387 e. The van der Waals surface area contributed by atoms with Gasteiger partial charge >= 0.3 is 0 Å². The van der Waals surface area contributed by atoms with Gasteiger partial charge in [0, 0.05) is 13.1 Å². The van der Waals surface area contributed by atoms with Crippen LogP contribution in [0.2, 0.25) is 0 Å². The van der Waals surface area contributed by atoms with Crippen LogP contribution in [0.5, 0.6) is 0 Å². The molecule has 2 aliphatic rings. The van der Waals surface area contributed by atoms with E-state index in [1.54, 1.807) is 10.9 Å². The molecule has 4 heterocycles. The Morgan fingerprint density at radius 1 is 1.26 bits per heavy atom. The summed E-state index contributed by atoms with van der Waals surface area (Å²) in [5.41, 5.74) is 4.50. The van der Waals surface area contributed by atoms with E-state index in [9.17, 15) is 10.2 Å². The monoisotopic (exact) mass is 414 g/mol. The van der Waals surface area contributed by atoms with E-state index in [1.165, 1.54) is 18.2 Å². The molecular weight excluding hydrogens is 392 g/mol. The Morgan fingerprint density at radius 2 is 2.04 bits per heavy atom. The lowest BCUT2D eigenvalue weighted by atomic mass is 10.1. The molecule has 0 amide bonds. The van der Waals surface area contributed by atoms with Crippen molar-refractivity contribution < 1.29 is 14.9 Å². The van der Waals surface area contributed by atoms with Crippen molar-refractivity contribution in [3.8, 4) is 0 Å². The van der Waals surface area contributed by atoms with Crippen LogP contribution in [-0.4, -0.2) is 78.3 Å². The number of nitrogens with zero attached hydrogens (tertiary/aromatic N) is 5. The van der Waals surface area contributed by atoms with E-state index in [1.807, 2.05) is 6.26 Å². The number of hydrogen-bond donors (Lipinski definition) is 3. The Morgan fingerprint density at radius 3 is 2.70 bits per heavy atom. The molecule has 2 fully saturated rings. The lowest BCUT2D eigenvalue weighted by Crippen LogP contribution is -2.35. The maximum atomic E-state index is 10.4. The van der Waals surface area contributed by atoms with Crippen molar-refractivity contribution in [3.05, 3.63) is 6.33 Å². The molecular formula is C16H23ClN6O3S. The van der Waals surface area contributed by atoms with Crippen LogP contribution >= 0.6 is 23.4 Å². The van der Waals surface area contributed by atoms with E-state index in [2.05, 4.69) is 25.4 Å². The fourth-order valence-electron chi connectivity index (χ4n) is 3.49. The Bertz CT molecular complexity index is 802. The molecule has 0 saturated carbocycles. The third-order valence-corrected chi connectivity index (χ3v) is 5.82. The van der Waals surface area contributed by atoms with Gasteiger partial charge in [-0.15, -0.1) is 11.6 Å². The largest absolute Gasteiger partial charge is 0.387 e. The molecule has 2 aromatic rings. The highest BCUT2D eigenvalue weighted by molar-refractivity contribution is 7.98. The molecule has 9 nitrogen and oxygen atoms in total. The van der Waals surface area contributed by atoms with E-state index < -0.39 is 24.5 Å². The molecule has 148 valence electrons. The number of rotatable bonds is 5. The van der Waals surface area contributed by atoms with Crippen LogP contribution in [0.15, 0.2) is 11.5 Å². The second kappa shape index (κ2) is 8.06. The second-order valence-electron chi connectivity index (χ2n) is 6.74. The average Bonchev–Trinajstić information content (AvgIpc) is 3.24. The van der Waals surface area contributed by atoms with Gasteiger partial charge in [0.1, 0.15) is 18.3 Å². The van der Waals surface area contributed by atoms with Crippen molar-refractivity contribution in [2.24, 2.45) is 0 Å². The summed E-state index contributed by atoms with van der Waals surface area (Å²) < 4.78 is 7.38. The number of imidazole rings is 1. The first kappa shape index (κ1) is 19.2. The minimum absolute atomic E-state index is 0.0914. The summed E-state index contributed by atoms with van der Waals surface area (Å²) in [5.74, 6) is 0.723. The summed E-state index contributed by atoms with van der Waals surface area (Å²) in [7, 11) is 0. The van der Waals surface area contributed by atoms with Crippen LogP contribution in [0.4, 0.5) is 5.82 Å². The number of nitrogens with one attached hydrogen (secondary N) is 1. The zero-order valence-electron chi connectivity index (χ0n) is 15.0. The van der Waals surface area contributed by atoms with Crippen LogP contribution in [0, 0.1) is 0 Å². The third-order valence-electron chi connectivity index (χ3n) is 4.97. The normalized spacial score (nSPS) is 29.5. The van der Waals surface area contributed by atoms with Crippen LogP contribution in [0.3, 0.4) is 0 Å². The molecule has 2 saturated heterocycles. The Kier molecular flexibility index (Phi) is 5.72. The van der Waals surface area contributed by atoms with E-state index in [4.69, 9.17) is 16.3 Å². The maximum Gasteiger partial charge on any atom is 0.191 e. The molecule has 0 bridgehead atoms. The molecule has 0 aliphatic carbocycles. The fraction of sp³-hybridized carbons (Fsp3) is 0.688. The van der Waals surface area contributed by atoms with Crippen molar-refractivity contribution in [3.63, 3.8) is 0 Å². The summed E-state index contributed by atoms with van der Waals surface area (Å²) in [5, 5.41) is 23.2. The zero-order chi connectivity index (χ0) is 19.0. The molecule has 0 unspecified atom stereocenters. The van der Waals surface area contributed by atoms with E-state index >= 15 is 0 Å². The highest BCUT2D eigenvalue weighted by Crippen LogP contribution is 2.33. The first-order valence-electron chi connectivity index (χ1n) is 9.00. The van der Waals surface area contributed by atoms with Crippen molar-refractivity contribution in [1.82, 2.24) is 24.5 Å². The number of fused-ring (bicyclic) bond motifs is 1. The number of piperidine rings is 1. The van der Waals surface area contributed by atoms with Gasteiger partial charge in [0.25, 0.3) is 0 Å². The Labute approximate surface area is 166 Å². The number of halogens is 1. The van der Waals surface area contributed by atoms with Gasteiger partial charge in [-0.3, -0.25) is 4.57 Å². The quantitative estimate of drug-likeness (QED) is 0.378. The number of ether oxygens (including phenoxy) is 1. The lowest BCUT2D eigenvalue weighted by molar-refractivity contribution is -0.0292. The standard InChI is InChI=1S/C16H23ClN6O3S/c1-27-16-19-13(21-22-5-3-2-4-6-22)10-14(20-16)23(8-18-10)15-12(25)11(24)9(7-17)26-15/h8-9,11-12,15,24-25H,2-7H2,1H3,(H,19,20,21)/t9-,11-,12-,15-/m1/s1. The van der Waals surface area contributed by atoms with Crippen molar-refractivity contribution in [2.75, 3.05) is 30.7 Å². The number of aliphatic hydroxyl groups excluding tert-OH is 2. The second-order valence-corrected chi connectivity index (χ2v) is 7.83. The summed E-state index contributed by atoms with van der Waals surface area (Å²) >= 11 is 7.25. The SMILES string of the molecule is CSc1nc(NN2CCCCC2)c2ncn([C@@H]3O[C@H](CCl)[C@@H](O)[C@H]3O)c2n1. The van der Waals surface area contributed by atoms with Crippen molar-refractivity contribution in [1.29, 1.82) is 0 Å². The molecule has 0 aromatic carbocycles. The van der Waals surface area contributed by atoms with Crippen LogP contribution in [0.25, 0.3) is 11.2 Å². The summed E-state index contributed by atoms with van der Waals surface area (Å²) in [6.07, 6.45) is 3.37. The molecule has 3 N–H and O–H groups in total. The maximum absolute atomic E-state index is 10.4. The number of thioether (sulfide) groups is 1. The Balaban J connectivity index is 1.70. The fourth-order valence-corrected chi connectivity index (χ4v) is 4.11. The lowest BCUT2D eigenvalue weighted by Gasteiger charge is -2.27. The van der Waals surface area contributed by atoms with Gasteiger partial charge in [0.15, 0.2) is 28.4 Å². The molecule has 4 atom stereocenters. The van der Waals surface area contributed by atoms with Gasteiger partial charge in [-0.25, -0.2) is 20.0 Å². The highest BCUT2D eigenvalue weighted by Gasteiger charge is 2.44. The van der Waals surface area contributed by atoms with E-state index in [0.717, 1.165) is 25.9 Å². The molecule has 2 aliphatic heterocycles. The summed E-state index contributed by atoms with van der Waals surface area (Å²) in [4.78, 5) is 13.6. The topological polar surface area (TPSA) is 109 Å². The average molecular weight is 415 g/mol. The number of anilines is 1. The minimum atomic E-state index is -1.11. The smallest absolute Gasteiger partial charge is 0.191 e. The first-order chi connectivity index (χ1) is 13.1. The van der Waals surface area contributed by atoms with Gasteiger partial charge in [-0.05, 0) is 19.1 Å². The number of alkyl halides is 1. The van der Waals surface area contributed by atoms with Crippen molar-refractivity contribution >= 4 is 40.3 Å². The highest BCUT2D eigenvalue weighted by atomic mass is 35.5. The number of aliphatic hydroxyl groups is 2. The van der Waals surface area contributed by atoms with Gasteiger partial charge in [-0.1, -0.05) is 18.2 Å².